The molecule has 28 heavy (non-hydrogen) atoms. The van der Waals surface area contributed by atoms with Crippen LogP contribution in [0.4, 0.5) is 0 Å². The largest absolute Gasteiger partial charge is 0.271 e. The van der Waals surface area contributed by atoms with Crippen molar-refractivity contribution in [1.29, 1.82) is 0 Å². The van der Waals surface area contributed by atoms with Crippen LogP contribution < -0.4 is 5.43 Å². The zero-order valence-electron chi connectivity index (χ0n) is 16.2. The third-order valence-corrected chi connectivity index (χ3v) is 4.27. The summed E-state index contributed by atoms with van der Waals surface area (Å²) < 4.78 is 0. The summed E-state index contributed by atoms with van der Waals surface area (Å²) in [4.78, 5) is 13.7. The van der Waals surface area contributed by atoms with E-state index < -0.39 is 0 Å². The van der Waals surface area contributed by atoms with Gasteiger partial charge in [0.2, 0.25) is 5.82 Å². The first-order valence-corrected chi connectivity index (χ1v) is 9.41. The van der Waals surface area contributed by atoms with E-state index in [1.807, 2.05) is 49.4 Å². The molecule has 2 aromatic carbocycles. The quantitative estimate of drug-likeness (QED) is 0.480. The molecular weight excluding hydrogens is 352 g/mol. The maximum atomic E-state index is 12.2. The van der Waals surface area contributed by atoms with Gasteiger partial charge in [0.25, 0.3) is 5.91 Å². The van der Waals surface area contributed by atoms with Gasteiger partial charge in [-0.1, -0.05) is 55.8 Å². The van der Waals surface area contributed by atoms with Crippen molar-refractivity contribution >= 4 is 11.6 Å². The number of carbonyl (C=O) groups excluding carboxylic acids is 1. The van der Waals surface area contributed by atoms with Crippen molar-refractivity contribution in [3.05, 3.63) is 65.7 Å². The number of tetrazole rings is 1. The van der Waals surface area contributed by atoms with Gasteiger partial charge in [-0.05, 0) is 42.7 Å². The Bertz CT molecular complexity index is 931. The van der Waals surface area contributed by atoms with Crippen molar-refractivity contribution in [2.45, 2.75) is 39.7 Å². The maximum absolute atomic E-state index is 12.2. The maximum Gasteiger partial charge on any atom is 0.271 e. The normalized spacial score (nSPS) is 11.4. The second-order valence-corrected chi connectivity index (χ2v) is 6.60. The van der Waals surface area contributed by atoms with E-state index in [9.17, 15) is 4.79 Å². The van der Waals surface area contributed by atoms with Crippen LogP contribution in [0.3, 0.4) is 0 Å². The Morgan fingerprint density at radius 1 is 1.11 bits per heavy atom. The van der Waals surface area contributed by atoms with Gasteiger partial charge in [-0.25, -0.2) is 5.43 Å². The van der Waals surface area contributed by atoms with Crippen molar-refractivity contribution in [3.8, 4) is 11.4 Å². The predicted octanol–water partition coefficient (Wildman–Crippen LogP) is 3.68. The monoisotopic (exact) mass is 376 g/mol. The minimum Gasteiger partial charge on any atom is -0.267 e. The minimum atomic E-state index is -0.215. The summed E-state index contributed by atoms with van der Waals surface area (Å²) in [5.74, 6) is 0.376. The van der Waals surface area contributed by atoms with Crippen molar-refractivity contribution in [1.82, 2.24) is 25.6 Å². The molecule has 1 aromatic heterocycles. The van der Waals surface area contributed by atoms with Crippen LogP contribution in [0.15, 0.2) is 59.7 Å². The summed E-state index contributed by atoms with van der Waals surface area (Å²) in [5.41, 5.74) is 6.01. The molecule has 0 bridgehead atoms. The van der Waals surface area contributed by atoms with E-state index in [1.54, 1.807) is 16.9 Å². The molecule has 7 heteroatoms. The highest BCUT2D eigenvalue weighted by Crippen LogP contribution is 2.12. The molecule has 0 atom stereocenters. The molecule has 0 aliphatic heterocycles. The number of aromatic nitrogens is 4. The topological polar surface area (TPSA) is 85.1 Å². The molecule has 0 unspecified atom stereocenters. The summed E-state index contributed by atoms with van der Waals surface area (Å²) in [7, 11) is 0. The van der Waals surface area contributed by atoms with E-state index in [0.29, 0.717) is 17.9 Å². The average molecular weight is 376 g/mol. The first-order valence-electron chi connectivity index (χ1n) is 9.41. The highest BCUT2D eigenvalue weighted by Gasteiger charge is 2.08. The molecule has 3 aromatic rings. The Kier molecular flexibility index (Phi) is 6.62. The van der Waals surface area contributed by atoms with Gasteiger partial charge in [-0.15, -0.1) is 10.2 Å². The van der Waals surface area contributed by atoms with Gasteiger partial charge in [0.15, 0.2) is 0 Å². The Morgan fingerprint density at radius 3 is 2.57 bits per heavy atom. The Labute approximate surface area is 164 Å². The van der Waals surface area contributed by atoms with Crippen LogP contribution in [0.25, 0.3) is 11.4 Å². The summed E-state index contributed by atoms with van der Waals surface area (Å²) in [6, 6.07) is 17.0. The highest BCUT2D eigenvalue weighted by molar-refractivity contribution is 5.95. The number of nitrogens with zero attached hydrogens (tertiary/aromatic N) is 5. The Hall–Kier alpha value is -3.35. The number of hydrogen-bond donors (Lipinski definition) is 1. The van der Waals surface area contributed by atoms with Gasteiger partial charge in [0.1, 0.15) is 0 Å². The van der Waals surface area contributed by atoms with Gasteiger partial charge in [0.05, 0.1) is 6.54 Å². The number of rotatable bonds is 8. The lowest BCUT2D eigenvalue weighted by molar-refractivity contribution is 0.0954. The lowest BCUT2D eigenvalue weighted by Gasteiger charge is -2.04. The smallest absolute Gasteiger partial charge is 0.267 e. The number of unbranched alkanes of at least 4 members (excludes halogenated alkanes) is 1. The van der Waals surface area contributed by atoms with E-state index in [4.69, 9.17) is 0 Å². The Morgan fingerprint density at radius 2 is 1.86 bits per heavy atom. The number of amides is 1. The zero-order valence-corrected chi connectivity index (χ0v) is 16.2. The number of nitrogens with one attached hydrogen (secondary N) is 1. The van der Waals surface area contributed by atoms with Gasteiger partial charge >= 0.3 is 0 Å². The van der Waals surface area contributed by atoms with Crippen LogP contribution in [0.1, 0.15) is 49.0 Å². The van der Waals surface area contributed by atoms with Gasteiger partial charge < -0.3 is 0 Å². The van der Waals surface area contributed by atoms with E-state index in [2.05, 4.69) is 32.9 Å². The fourth-order valence-corrected chi connectivity index (χ4v) is 2.64. The minimum absolute atomic E-state index is 0.215. The summed E-state index contributed by atoms with van der Waals surface area (Å²) in [5, 5.41) is 16.7. The van der Waals surface area contributed by atoms with Crippen LogP contribution in [0, 0.1) is 0 Å². The molecule has 0 fully saturated rings. The summed E-state index contributed by atoms with van der Waals surface area (Å²) in [6.45, 7) is 4.54. The van der Waals surface area contributed by atoms with E-state index in [-0.39, 0.29) is 5.91 Å². The second-order valence-electron chi connectivity index (χ2n) is 6.60. The van der Waals surface area contributed by atoms with Crippen molar-refractivity contribution < 1.29 is 4.79 Å². The first-order chi connectivity index (χ1) is 13.7. The average Bonchev–Trinajstić information content (AvgIpc) is 3.20. The molecule has 1 amide bonds. The number of hydrogen-bond acceptors (Lipinski definition) is 5. The summed E-state index contributed by atoms with van der Waals surface area (Å²) in [6.07, 6.45) is 3.07. The van der Waals surface area contributed by atoms with Crippen LogP contribution in [0.2, 0.25) is 0 Å². The van der Waals surface area contributed by atoms with Crippen LogP contribution in [0.5, 0.6) is 0 Å². The highest BCUT2D eigenvalue weighted by atomic mass is 16.2. The van der Waals surface area contributed by atoms with E-state index in [1.165, 1.54) is 0 Å². The molecule has 0 aliphatic rings. The molecule has 1 heterocycles. The SMILES string of the molecule is CCCC/C(C)=N\NC(=O)c1ccc(Cn2nnc(-c3ccccc3)n2)cc1. The fourth-order valence-electron chi connectivity index (χ4n) is 2.64. The fraction of sp³-hybridized carbons (Fsp3) is 0.286. The van der Waals surface area contributed by atoms with Crippen molar-refractivity contribution in [2.75, 3.05) is 0 Å². The van der Waals surface area contributed by atoms with Crippen LogP contribution in [-0.2, 0) is 6.54 Å². The zero-order chi connectivity index (χ0) is 19.8. The third kappa shape index (κ3) is 5.33. The van der Waals surface area contributed by atoms with Crippen LogP contribution >= 0.6 is 0 Å². The molecule has 0 spiro atoms. The van der Waals surface area contributed by atoms with Gasteiger partial charge in [-0.3, -0.25) is 4.79 Å². The van der Waals surface area contributed by atoms with Crippen LogP contribution in [-0.4, -0.2) is 31.8 Å². The molecule has 0 aliphatic carbocycles. The van der Waals surface area contributed by atoms with E-state index in [0.717, 1.165) is 36.1 Å². The van der Waals surface area contributed by atoms with E-state index >= 15 is 0 Å². The van der Waals surface area contributed by atoms with Gasteiger partial charge in [0, 0.05) is 16.8 Å². The first kappa shape index (κ1) is 19.4. The third-order valence-electron chi connectivity index (χ3n) is 4.27. The Balaban J connectivity index is 1.59. The standard InChI is InChI=1S/C21H24N6O/c1-3-4-8-16(2)22-24-21(28)19-13-11-17(12-14-19)15-27-25-20(23-26-27)18-9-6-5-7-10-18/h5-7,9-14H,3-4,8,15H2,1-2H3,(H,24,28)/b22-16-. The summed E-state index contributed by atoms with van der Waals surface area (Å²) >= 11 is 0. The molecule has 1 N–H and O–H groups in total. The lowest BCUT2D eigenvalue weighted by atomic mass is 10.1. The molecular formula is C21H24N6O. The molecule has 0 saturated carbocycles. The van der Waals surface area contributed by atoms with Crippen molar-refractivity contribution in [2.24, 2.45) is 5.10 Å². The molecule has 0 saturated heterocycles. The van der Waals surface area contributed by atoms with Gasteiger partial charge in [-0.2, -0.15) is 9.90 Å². The molecule has 7 nitrogen and oxygen atoms in total. The lowest BCUT2D eigenvalue weighted by Crippen LogP contribution is -2.19. The predicted molar refractivity (Wildman–Crippen MR) is 109 cm³/mol. The van der Waals surface area contributed by atoms with Crippen molar-refractivity contribution in [3.63, 3.8) is 0 Å². The molecule has 3 rings (SSSR count). The number of benzene rings is 2. The molecule has 144 valence electrons. The number of carbonyl (C=O) groups is 1. The molecule has 0 radical (unpaired) electrons. The number of hydrazone groups is 1. The second kappa shape index (κ2) is 9.55.